The fourth-order valence-electron chi connectivity index (χ4n) is 2.53. The van der Waals surface area contributed by atoms with Crippen molar-refractivity contribution in [2.24, 2.45) is 0 Å². The number of anilines is 1. The van der Waals surface area contributed by atoms with Crippen molar-refractivity contribution in [3.63, 3.8) is 0 Å². The summed E-state index contributed by atoms with van der Waals surface area (Å²) in [7, 11) is 0. The monoisotopic (exact) mass is 288 g/mol. The molecule has 0 aliphatic carbocycles. The molecular weight excluding hydrogens is 272 g/mol. The Bertz CT molecular complexity index is 640. The molecule has 1 aliphatic rings. The van der Waals surface area contributed by atoms with Crippen molar-refractivity contribution in [1.82, 2.24) is 4.98 Å². The highest BCUT2D eigenvalue weighted by atomic mass is 35.5. The second-order valence-electron chi connectivity index (χ2n) is 5.64. The van der Waals surface area contributed by atoms with E-state index >= 15 is 0 Å². The molecule has 0 fully saturated rings. The van der Waals surface area contributed by atoms with Crippen LogP contribution in [0, 0.1) is 0 Å². The summed E-state index contributed by atoms with van der Waals surface area (Å²) >= 11 is 6.05. The lowest BCUT2D eigenvalue weighted by atomic mass is 10.0. The van der Waals surface area contributed by atoms with Gasteiger partial charge >= 0.3 is 0 Å². The van der Waals surface area contributed by atoms with Gasteiger partial charge in [-0.1, -0.05) is 29.8 Å². The Morgan fingerprint density at radius 3 is 2.95 bits per heavy atom. The maximum atomic E-state index is 6.06. The number of hydrogen-bond acceptors (Lipinski definition) is 3. The molecule has 0 spiro atoms. The number of hydrogen-bond donors (Lipinski definition) is 1. The SMILES string of the molecule is CC1(C)Cc2cccc(CNc3cccnc3Cl)c2O1. The first-order chi connectivity index (χ1) is 9.55. The normalized spacial score (nSPS) is 15.6. The van der Waals surface area contributed by atoms with Crippen LogP contribution in [0.4, 0.5) is 5.69 Å². The average molecular weight is 289 g/mol. The zero-order valence-corrected chi connectivity index (χ0v) is 12.4. The molecule has 1 aromatic carbocycles. The Morgan fingerprint density at radius 2 is 2.15 bits per heavy atom. The van der Waals surface area contributed by atoms with Crippen LogP contribution >= 0.6 is 11.6 Å². The van der Waals surface area contributed by atoms with Crippen molar-refractivity contribution < 1.29 is 4.74 Å². The summed E-state index contributed by atoms with van der Waals surface area (Å²) in [6.45, 7) is 4.90. The summed E-state index contributed by atoms with van der Waals surface area (Å²) in [6, 6.07) is 10.1. The van der Waals surface area contributed by atoms with Gasteiger partial charge in [0.1, 0.15) is 11.4 Å². The van der Waals surface area contributed by atoms with Crippen LogP contribution in [0.2, 0.25) is 5.15 Å². The topological polar surface area (TPSA) is 34.2 Å². The van der Waals surface area contributed by atoms with Crippen LogP contribution in [-0.4, -0.2) is 10.6 Å². The van der Waals surface area contributed by atoms with Crippen LogP contribution in [0.15, 0.2) is 36.5 Å². The number of para-hydroxylation sites is 1. The molecule has 20 heavy (non-hydrogen) atoms. The molecule has 104 valence electrons. The van der Waals surface area contributed by atoms with E-state index in [1.54, 1.807) is 6.20 Å². The maximum absolute atomic E-state index is 6.06. The number of halogens is 1. The maximum Gasteiger partial charge on any atom is 0.152 e. The van der Waals surface area contributed by atoms with Crippen LogP contribution in [0.5, 0.6) is 5.75 Å². The van der Waals surface area contributed by atoms with E-state index in [-0.39, 0.29) is 5.60 Å². The summed E-state index contributed by atoms with van der Waals surface area (Å²) in [4.78, 5) is 4.06. The highest BCUT2D eigenvalue weighted by Crippen LogP contribution is 2.37. The lowest BCUT2D eigenvalue weighted by Gasteiger charge is -2.18. The predicted molar refractivity (Wildman–Crippen MR) is 81.4 cm³/mol. The number of ether oxygens (including phenoxy) is 1. The number of nitrogens with one attached hydrogen (secondary N) is 1. The van der Waals surface area contributed by atoms with Gasteiger partial charge in [-0.15, -0.1) is 0 Å². The number of aromatic nitrogens is 1. The number of fused-ring (bicyclic) bond motifs is 1. The van der Waals surface area contributed by atoms with E-state index in [1.165, 1.54) is 5.56 Å². The Labute approximate surface area is 123 Å². The third kappa shape index (κ3) is 2.59. The predicted octanol–water partition coefficient (Wildman–Crippen LogP) is 4.06. The zero-order valence-electron chi connectivity index (χ0n) is 11.6. The van der Waals surface area contributed by atoms with E-state index in [1.807, 2.05) is 12.1 Å². The molecule has 1 aliphatic heterocycles. The fraction of sp³-hybridized carbons (Fsp3) is 0.312. The smallest absolute Gasteiger partial charge is 0.152 e. The molecule has 1 aromatic heterocycles. The van der Waals surface area contributed by atoms with Crippen molar-refractivity contribution in [3.05, 3.63) is 52.8 Å². The van der Waals surface area contributed by atoms with Gasteiger partial charge in [0.25, 0.3) is 0 Å². The summed E-state index contributed by atoms with van der Waals surface area (Å²) < 4.78 is 6.06. The van der Waals surface area contributed by atoms with E-state index in [0.717, 1.165) is 23.4 Å². The summed E-state index contributed by atoms with van der Waals surface area (Å²) in [5.74, 6) is 1.00. The molecule has 0 unspecified atom stereocenters. The largest absolute Gasteiger partial charge is 0.487 e. The van der Waals surface area contributed by atoms with Gasteiger partial charge in [0.15, 0.2) is 5.15 Å². The molecule has 3 rings (SSSR count). The molecule has 4 heteroatoms. The third-order valence-electron chi connectivity index (χ3n) is 3.40. The molecular formula is C16H17ClN2O. The first kappa shape index (κ1) is 13.3. The zero-order chi connectivity index (χ0) is 14.2. The molecule has 0 radical (unpaired) electrons. The van der Waals surface area contributed by atoms with Gasteiger partial charge in [-0.05, 0) is 31.5 Å². The molecule has 0 amide bonds. The van der Waals surface area contributed by atoms with Gasteiger partial charge in [0.2, 0.25) is 0 Å². The van der Waals surface area contributed by atoms with Crippen molar-refractivity contribution in [2.45, 2.75) is 32.4 Å². The van der Waals surface area contributed by atoms with Crippen molar-refractivity contribution >= 4 is 17.3 Å². The summed E-state index contributed by atoms with van der Waals surface area (Å²) in [5.41, 5.74) is 3.13. The second-order valence-corrected chi connectivity index (χ2v) is 6.00. The summed E-state index contributed by atoms with van der Waals surface area (Å²) in [6.07, 6.45) is 2.63. The van der Waals surface area contributed by atoms with Crippen LogP contribution in [0.1, 0.15) is 25.0 Å². The third-order valence-corrected chi connectivity index (χ3v) is 3.70. The van der Waals surface area contributed by atoms with E-state index in [4.69, 9.17) is 16.3 Å². The first-order valence-corrected chi connectivity index (χ1v) is 7.07. The van der Waals surface area contributed by atoms with Gasteiger partial charge in [0, 0.05) is 24.7 Å². The van der Waals surface area contributed by atoms with E-state index in [9.17, 15) is 0 Å². The van der Waals surface area contributed by atoms with Crippen LogP contribution in [0.25, 0.3) is 0 Å². The minimum absolute atomic E-state index is 0.121. The van der Waals surface area contributed by atoms with E-state index in [2.05, 4.69) is 42.3 Å². The van der Waals surface area contributed by atoms with Crippen molar-refractivity contribution in [2.75, 3.05) is 5.32 Å². The van der Waals surface area contributed by atoms with Gasteiger partial charge in [0.05, 0.1) is 5.69 Å². The standard InChI is InChI=1S/C16H17ClN2O/c1-16(2)9-11-5-3-6-12(14(11)20-16)10-19-13-7-4-8-18-15(13)17/h3-8,19H,9-10H2,1-2H3. The van der Waals surface area contributed by atoms with E-state index < -0.39 is 0 Å². The minimum Gasteiger partial charge on any atom is -0.487 e. The van der Waals surface area contributed by atoms with Gasteiger partial charge in [-0.2, -0.15) is 0 Å². The van der Waals surface area contributed by atoms with Crippen molar-refractivity contribution in [1.29, 1.82) is 0 Å². The highest BCUT2D eigenvalue weighted by molar-refractivity contribution is 6.31. The number of nitrogens with zero attached hydrogens (tertiary/aromatic N) is 1. The Balaban J connectivity index is 1.80. The minimum atomic E-state index is -0.121. The van der Waals surface area contributed by atoms with E-state index in [0.29, 0.717) is 11.7 Å². The molecule has 0 saturated heterocycles. The van der Waals surface area contributed by atoms with Crippen LogP contribution in [-0.2, 0) is 13.0 Å². The lowest BCUT2D eigenvalue weighted by molar-refractivity contribution is 0.137. The van der Waals surface area contributed by atoms with Crippen molar-refractivity contribution in [3.8, 4) is 5.75 Å². The highest BCUT2D eigenvalue weighted by Gasteiger charge is 2.31. The number of rotatable bonds is 3. The number of pyridine rings is 1. The molecule has 3 nitrogen and oxygen atoms in total. The fourth-order valence-corrected chi connectivity index (χ4v) is 2.71. The Morgan fingerprint density at radius 1 is 1.30 bits per heavy atom. The summed E-state index contributed by atoms with van der Waals surface area (Å²) in [5, 5.41) is 3.80. The molecule has 0 atom stereocenters. The van der Waals surface area contributed by atoms with Crippen LogP contribution < -0.4 is 10.1 Å². The van der Waals surface area contributed by atoms with Gasteiger partial charge in [-0.3, -0.25) is 0 Å². The van der Waals surface area contributed by atoms with Crippen LogP contribution in [0.3, 0.4) is 0 Å². The Kier molecular flexibility index (Phi) is 3.30. The quantitative estimate of drug-likeness (QED) is 0.865. The Hall–Kier alpha value is -1.74. The van der Waals surface area contributed by atoms with Gasteiger partial charge < -0.3 is 10.1 Å². The molecule has 1 N–H and O–H groups in total. The van der Waals surface area contributed by atoms with Gasteiger partial charge in [-0.25, -0.2) is 4.98 Å². The molecule has 0 saturated carbocycles. The second kappa shape index (κ2) is 4.98. The lowest BCUT2D eigenvalue weighted by Crippen LogP contribution is -2.25. The number of benzene rings is 1. The molecule has 0 bridgehead atoms. The average Bonchev–Trinajstić information content (AvgIpc) is 2.72. The first-order valence-electron chi connectivity index (χ1n) is 6.69. The molecule has 2 aromatic rings. The molecule has 2 heterocycles.